The highest BCUT2D eigenvalue weighted by Crippen LogP contribution is 2.25. The van der Waals surface area contributed by atoms with Crippen molar-refractivity contribution in [3.8, 4) is 11.5 Å². The molecule has 2 aromatic rings. The Balaban J connectivity index is 1.71. The van der Waals surface area contributed by atoms with Gasteiger partial charge in [-0.2, -0.15) is 0 Å². The summed E-state index contributed by atoms with van der Waals surface area (Å²) in [6.45, 7) is 0.643. The van der Waals surface area contributed by atoms with Crippen LogP contribution in [0, 0.1) is 0 Å². The Labute approximate surface area is 135 Å². The molecule has 0 aliphatic rings. The average molecular weight is 318 g/mol. The highest BCUT2D eigenvalue weighted by Gasteiger charge is 2.08. The number of aryl methyl sites for hydroxylation is 2. The molecule has 0 unspecified atom stereocenters. The molecular formula is C17H22N2O4. The number of rotatable bonds is 9. The lowest BCUT2D eigenvalue weighted by Crippen LogP contribution is -2.25. The van der Waals surface area contributed by atoms with E-state index in [4.69, 9.17) is 14.0 Å². The lowest BCUT2D eigenvalue weighted by molar-refractivity contribution is -0.121. The fourth-order valence-electron chi connectivity index (χ4n) is 2.27. The molecule has 0 aliphatic carbocycles. The summed E-state index contributed by atoms with van der Waals surface area (Å²) >= 11 is 0. The minimum Gasteiger partial charge on any atom is -0.497 e. The molecule has 6 heteroatoms. The number of benzene rings is 1. The Hall–Kier alpha value is -2.50. The van der Waals surface area contributed by atoms with Gasteiger partial charge in [-0.25, -0.2) is 0 Å². The van der Waals surface area contributed by atoms with Crippen LogP contribution in [0.25, 0.3) is 0 Å². The molecule has 124 valence electrons. The van der Waals surface area contributed by atoms with Crippen LogP contribution in [0.15, 0.2) is 35.2 Å². The molecular weight excluding hydrogens is 296 g/mol. The first-order valence-corrected chi connectivity index (χ1v) is 7.58. The Bertz CT molecular complexity index is 611. The lowest BCUT2D eigenvalue weighted by atomic mass is 10.1. The third-order valence-corrected chi connectivity index (χ3v) is 3.56. The maximum absolute atomic E-state index is 11.9. The minimum atomic E-state index is 0.0354. The lowest BCUT2D eigenvalue weighted by Gasteiger charge is -2.10. The van der Waals surface area contributed by atoms with Crippen molar-refractivity contribution < 1.29 is 18.8 Å². The predicted molar refractivity (Wildman–Crippen MR) is 85.7 cm³/mol. The maximum atomic E-state index is 11.9. The van der Waals surface area contributed by atoms with Crippen molar-refractivity contribution in [2.45, 2.75) is 25.7 Å². The van der Waals surface area contributed by atoms with E-state index in [0.717, 1.165) is 35.5 Å². The number of hydrogen-bond donors (Lipinski definition) is 1. The molecule has 0 saturated carbocycles. The van der Waals surface area contributed by atoms with Crippen LogP contribution in [0.1, 0.15) is 24.0 Å². The van der Waals surface area contributed by atoms with Crippen LogP contribution in [0.5, 0.6) is 11.5 Å². The van der Waals surface area contributed by atoms with Gasteiger partial charge in [-0.15, -0.1) is 0 Å². The van der Waals surface area contributed by atoms with Gasteiger partial charge in [0.05, 0.1) is 20.4 Å². The first-order chi connectivity index (χ1) is 11.2. The maximum Gasteiger partial charge on any atom is 0.220 e. The van der Waals surface area contributed by atoms with Gasteiger partial charge in [0.1, 0.15) is 17.8 Å². The predicted octanol–water partition coefficient (Wildman–Crippen LogP) is 2.37. The molecule has 0 saturated heterocycles. The van der Waals surface area contributed by atoms with Gasteiger partial charge in [-0.3, -0.25) is 4.79 Å². The molecule has 1 aromatic carbocycles. The van der Waals surface area contributed by atoms with Crippen molar-refractivity contribution in [3.05, 3.63) is 41.8 Å². The summed E-state index contributed by atoms with van der Waals surface area (Å²) in [6, 6.07) is 5.62. The Morgan fingerprint density at radius 3 is 2.83 bits per heavy atom. The van der Waals surface area contributed by atoms with Gasteiger partial charge < -0.3 is 19.3 Å². The normalized spacial score (nSPS) is 10.3. The zero-order valence-corrected chi connectivity index (χ0v) is 13.5. The topological polar surface area (TPSA) is 73.6 Å². The van der Waals surface area contributed by atoms with E-state index in [9.17, 15) is 4.79 Å². The first kappa shape index (κ1) is 16.9. The molecule has 1 N–H and O–H groups in total. The summed E-state index contributed by atoms with van der Waals surface area (Å²) in [5.41, 5.74) is 2.04. The van der Waals surface area contributed by atoms with Gasteiger partial charge in [0.25, 0.3) is 0 Å². The van der Waals surface area contributed by atoms with E-state index in [1.807, 2.05) is 18.2 Å². The second-order valence-electron chi connectivity index (χ2n) is 5.16. The quantitative estimate of drug-likeness (QED) is 0.719. The summed E-state index contributed by atoms with van der Waals surface area (Å²) in [6.07, 6.45) is 6.07. The Kier molecular flexibility index (Phi) is 6.47. The molecule has 1 heterocycles. The van der Waals surface area contributed by atoms with E-state index in [1.54, 1.807) is 26.7 Å². The smallest absolute Gasteiger partial charge is 0.220 e. The molecule has 23 heavy (non-hydrogen) atoms. The van der Waals surface area contributed by atoms with E-state index in [1.165, 1.54) is 0 Å². The molecule has 0 spiro atoms. The van der Waals surface area contributed by atoms with Gasteiger partial charge >= 0.3 is 0 Å². The van der Waals surface area contributed by atoms with Crippen LogP contribution in [0.4, 0.5) is 0 Å². The fraction of sp³-hybridized carbons (Fsp3) is 0.412. The number of hydrogen-bond acceptors (Lipinski definition) is 5. The number of carbonyl (C=O) groups excluding carboxylic acids is 1. The Morgan fingerprint density at radius 2 is 2.13 bits per heavy atom. The Morgan fingerprint density at radius 1 is 1.26 bits per heavy atom. The summed E-state index contributed by atoms with van der Waals surface area (Å²) in [5, 5.41) is 6.56. The van der Waals surface area contributed by atoms with Gasteiger partial charge in [0, 0.05) is 24.6 Å². The van der Waals surface area contributed by atoms with E-state index in [0.29, 0.717) is 19.4 Å². The number of amides is 1. The van der Waals surface area contributed by atoms with E-state index in [-0.39, 0.29) is 5.91 Å². The SMILES string of the molecule is COc1ccc(CCC(=O)NCCCc2cnoc2)c(OC)c1. The first-order valence-electron chi connectivity index (χ1n) is 7.58. The zero-order valence-electron chi connectivity index (χ0n) is 13.5. The monoisotopic (exact) mass is 318 g/mol. The number of carbonyl (C=O) groups is 1. The number of nitrogens with zero attached hydrogens (tertiary/aromatic N) is 1. The molecule has 2 rings (SSSR count). The molecule has 6 nitrogen and oxygen atoms in total. The van der Waals surface area contributed by atoms with Gasteiger partial charge in [-0.05, 0) is 30.9 Å². The van der Waals surface area contributed by atoms with Crippen molar-refractivity contribution >= 4 is 5.91 Å². The number of methoxy groups -OCH3 is 2. The second-order valence-corrected chi connectivity index (χ2v) is 5.16. The van der Waals surface area contributed by atoms with Gasteiger partial charge in [-0.1, -0.05) is 11.2 Å². The van der Waals surface area contributed by atoms with Crippen LogP contribution in [0.2, 0.25) is 0 Å². The molecule has 0 fully saturated rings. The summed E-state index contributed by atoms with van der Waals surface area (Å²) in [7, 11) is 3.23. The zero-order chi connectivity index (χ0) is 16.5. The van der Waals surface area contributed by atoms with Gasteiger partial charge in [0.2, 0.25) is 5.91 Å². The molecule has 0 bridgehead atoms. The van der Waals surface area contributed by atoms with Crippen LogP contribution >= 0.6 is 0 Å². The van der Waals surface area contributed by atoms with E-state index in [2.05, 4.69) is 10.5 Å². The summed E-state index contributed by atoms with van der Waals surface area (Å²) < 4.78 is 15.3. The van der Waals surface area contributed by atoms with Crippen molar-refractivity contribution in [3.63, 3.8) is 0 Å². The highest BCUT2D eigenvalue weighted by molar-refractivity contribution is 5.76. The fourth-order valence-corrected chi connectivity index (χ4v) is 2.27. The molecule has 0 radical (unpaired) electrons. The van der Waals surface area contributed by atoms with Crippen molar-refractivity contribution in [2.75, 3.05) is 20.8 Å². The van der Waals surface area contributed by atoms with Crippen LogP contribution in [0.3, 0.4) is 0 Å². The largest absolute Gasteiger partial charge is 0.497 e. The number of aromatic nitrogens is 1. The highest BCUT2D eigenvalue weighted by atomic mass is 16.5. The van der Waals surface area contributed by atoms with Gasteiger partial charge in [0.15, 0.2) is 0 Å². The second kappa shape index (κ2) is 8.82. The van der Waals surface area contributed by atoms with E-state index >= 15 is 0 Å². The molecule has 1 aromatic heterocycles. The average Bonchev–Trinajstić information content (AvgIpc) is 3.10. The molecule has 0 aliphatic heterocycles. The summed E-state index contributed by atoms with van der Waals surface area (Å²) in [4.78, 5) is 11.9. The number of nitrogens with one attached hydrogen (secondary N) is 1. The standard InChI is InChI=1S/C17H22N2O4/c1-21-15-7-5-14(16(10-15)22-2)6-8-17(20)18-9-3-4-13-11-19-23-12-13/h5,7,10-12H,3-4,6,8-9H2,1-2H3,(H,18,20). The number of ether oxygens (including phenoxy) is 2. The summed E-state index contributed by atoms with van der Waals surface area (Å²) in [5.74, 6) is 1.52. The third kappa shape index (κ3) is 5.32. The molecule has 1 amide bonds. The van der Waals surface area contributed by atoms with Crippen molar-refractivity contribution in [1.29, 1.82) is 0 Å². The van der Waals surface area contributed by atoms with Crippen LogP contribution in [-0.4, -0.2) is 31.8 Å². The van der Waals surface area contributed by atoms with E-state index < -0.39 is 0 Å². The molecule has 0 atom stereocenters. The van der Waals surface area contributed by atoms with Crippen molar-refractivity contribution in [1.82, 2.24) is 10.5 Å². The third-order valence-electron chi connectivity index (χ3n) is 3.56. The van der Waals surface area contributed by atoms with Crippen LogP contribution < -0.4 is 14.8 Å². The van der Waals surface area contributed by atoms with Crippen molar-refractivity contribution in [2.24, 2.45) is 0 Å². The minimum absolute atomic E-state index is 0.0354. The van der Waals surface area contributed by atoms with Crippen LogP contribution in [-0.2, 0) is 17.6 Å².